The molecule has 2 N–H and O–H groups in total. The summed E-state index contributed by atoms with van der Waals surface area (Å²) >= 11 is 3.42. The molecule has 118 valence electrons. The molecule has 2 rings (SSSR count). The van der Waals surface area contributed by atoms with Crippen LogP contribution in [0, 0.1) is 0 Å². The molecule has 1 aromatic heterocycles. The minimum atomic E-state index is -0.0590. The smallest absolute Gasteiger partial charge is 0.254 e. The van der Waals surface area contributed by atoms with Crippen LogP contribution in [0.3, 0.4) is 0 Å². The average Bonchev–Trinajstić information content (AvgIpc) is 2.96. The molecule has 0 saturated carbocycles. The zero-order valence-electron chi connectivity index (χ0n) is 12.9. The molecule has 0 unspecified atom stereocenters. The molecule has 0 aliphatic rings. The first-order valence-electron chi connectivity index (χ1n) is 7.43. The van der Waals surface area contributed by atoms with E-state index in [1.54, 1.807) is 6.20 Å². The van der Waals surface area contributed by atoms with Crippen molar-refractivity contribution in [2.75, 3.05) is 20.1 Å². The number of hydrogen-bond acceptors (Lipinski definition) is 3. The first kappa shape index (κ1) is 16.7. The van der Waals surface area contributed by atoms with Crippen molar-refractivity contribution < 1.29 is 4.79 Å². The Hall–Kier alpha value is -1.66. The molecule has 0 aliphatic carbocycles. The Kier molecular flexibility index (Phi) is 6.15. The largest absolute Gasteiger partial charge is 0.352 e. The highest BCUT2D eigenvalue weighted by atomic mass is 79.9. The number of hydrogen-bond donors (Lipinski definition) is 2. The van der Waals surface area contributed by atoms with Gasteiger partial charge < -0.3 is 10.6 Å². The summed E-state index contributed by atoms with van der Waals surface area (Å²) in [6.07, 6.45) is 3.30. The minimum Gasteiger partial charge on any atom is -0.352 e. The molecule has 1 amide bonds. The van der Waals surface area contributed by atoms with Crippen molar-refractivity contribution in [1.29, 1.82) is 0 Å². The van der Waals surface area contributed by atoms with Crippen molar-refractivity contribution in [3.63, 3.8) is 0 Å². The van der Waals surface area contributed by atoms with Crippen molar-refractivity contribution in [3.05, 3.63) is 46.2 Å². The van der Waals surface area contributed by atoms with E-state index in [4.69, 9.17) is 0 Å². The summed E-state index contributed by atoms with van der Waals surface area (Å²) in [6, 6.07) is 7.89. The second kappa shape index (κ2) is 8.10. The summed E-state index contributed by atoms with van der Waals surface area (Å²) in [7, 11) is 1.90. The number of rotatable bonds is 7. The highest BCUT2D eigenvalue weighted by Gasteiger charge is 2.16. The lowest BCUT2D eigenvalue weighted by molar-refractivity contribution is 0.0952. The second-order valence-electron chi connectivity index (χ2n) is 4.96. The van der Waals surface area contributed by atoms with E-state index in [0.29, 0.717) is 12.1 Å². The quantitative estimate of drug-likeness (QED) is 0.742. The first-order chi connectivity index (χ1) is 10.7. The monoisotopic (exact) mass is 364 g/mol. The van der Waals surface area contributed by atoms with Crippen molar-refractivity contribution >= 4 is 21.8 Å². The molecule has 1 aromatic carbocycles. The molecular weight excluding hydrogens is 344 g/mol. The third kappa shape index (κ3) is 3.96. The molecule has 0 aliphatic heterocycles. The summed E-state index contributed by atoms with van der Waals surface area (Å²) in [5, 5.41) is 10.4. The van der Waals surface area contributed by atoms with Gasteiger partial charge in [0, 0.05) is 11.0 Å². The number of benzene rings is 1. The Bertz CT molecular complexity index is 622. The lowest BCUT2D eigenvalue weighted by Gasteiger charge is -2.08. The van der Waals surface area contributed by atoms with E-state index in [1.807, 2.05) is 42.9 Å². The maximum atomic E-state index is 12.3. The SMILES string of the molecule is CCc1c(C(=O)NCCCNC)cnn1-c1ccc(Br)cc1. The van der Waals surface area contributed by atoms with Gasteiger partial charge >= 0.3 is 0 Å². The van der Waals surface area contributed by atoms with Crippen molar-refractivity contribution in [1.82, 2.24) is 20.4 Å². The number of amides is 1. The van der Waals surface area contributed by atoms with E-state index in [2.05, 4.69) is 31.7 Å². The normalized spacial score (nSPS) is 10.7. The van der Waals surface area contributed by atoms with Gasteiger partial charge in [0.05, 0.1) is 23.1 Å². The molecule has 6 heteroatoms. The fourth-order valence-electron chi connectivity index (χ4n) is 2.27. The molecule has 22 heavy (non-hydrogen) atoms. The van der Waals surface area contributed by atoms with Crippen LogP contribution in [0.1, 0.15) is 29.4 Å². The van der Waals surface area contributed by atoms with Gasteiger partial charge in [0.25, 0.3) is 5.91 Å². The van der Waals surface area contributed by atoms with Crippen molar-refractivity contribution in [2.45, 2.75) is 19.8 Å². The average molecular weight is 365 g/mol. The molecule has 0 radical (unpaired) electrons. The molecular formula is C16H21BrN4O. The van der Waals surface area contributed by atoms with E-state index in [0.717, 1.165) is 35.2 Å². The van der Waals surface area contributed by atoms with Gasteiger partial charge in [0.1, 0.15) is 0 Å². The van der Waals surface area contributed by atoms with E-state index in [9.17, 15) is 4.79 Å². The van der Waals surface area contributed by atoms with Gasteiger partial charge in [-0.1, -0.05) is 22.9 Å². The van der Waals surface area contributed by atoms with Crippen molar-refractivity contribution in [3.8, 4) is 5.69 Å². The number of aromatic nitrogens is 2. The van der Waals surface area contributed by atoms with Crippen LogP contribution in [0.15, 0.2) is 34.9 Å². The second-order valence-corrected chi connectivity index (χ2v) is 5.88. The first-order valence-corrected chi connectivity index (χ1v) is 8.22. The van der Waals surface area contributed by atoms with Gasteiger partial charge in [-0.2, -0.15) is 5.10 Å². The Morgan fingerprint density at radius 3 is 2.64 bits per heavy atom. The molecule has 5 nitrogen and oxygen atoms in total. The molecule has 0 atom stereocenters. The lowest BCUT2D eigenvalue weighted by Crippen LogP contribution is -2.27. The van der Waals surface area contributed by atoms with Crippen LogP contribution in [0.25, 0.3) is 5.69 Å². The summed E-state index contributed by atoms with van der Waals surface area (Å²) in [6.45, 7) is 3.58. The van der Waals surface area contributed by atoms with Gasteiger partial charge in [-0.15, -0.1) is 0 Å². The number of carbonyl (C=O) groups is 1. The summed E-state index contributed by atoms with van der Waals surface area (Å²) in [5.41, 5.74) is 2.53. The fourth-order valence-corrected chi connectivity index (χ4v) is 2.54. The topological polar surface area (TPSA) is 59.0 Å². The van der Waals surface area contributed by atoms with Crippen LogP contribution in [0.4, 0.5) is 0 Å². The molecule has 0 bridgehead atoms. The standard InChI is InChI=1S/C16H21BrN4O/c1-3-15-14(16(22)19-10-4-9-18-2)11-20-21(15)13-7-5-12(17)6-8-13/h5-8,11,18H,3-4,9-10H2,1-2H3,(H,19,22). The molecule has 0 saturated heterocycles. The van der Waals surface area contributed by atoms with Gasteiger partial charge in [0.15, 0.2) is 0 Å². The van der Waals surface area contributed by atoms with Crippen LogP contribution in [-0.4, -0.2) is 35.8 Å². The number of carbonyl (C=O) groups excluding carboxylic acids is 1. The minimum absolute atomic E-state index is 0.0590. The van der Waals surface area contributed by atoms with Crippen molar-refractivity contribution in [2.24, 2.45) is 0 Å². The maximum Gasteiger partial charge on any atom is 0.254 e. The number of nitrogens with one attached hydrogen (secondary N) is 2. The Morgan fingerprint density at radius 1 is 1.27 bits per heavy atom. The number of nitrogens with zero attached hydrogens (tertiary/aromatic N) is 2. The van der Waals surface area contributed by atoms with Gasteiger partial charge in [-0.3, -0.25) is 4.79 Å². The van der Waals surface area contributed by atoms with Gasteiger partial charge in [-0.25, -0.2) is 4.68 Å². The van der Waals surface area contributed by atoms with E-state index >= 15 is 0 Å². The Morgan fingerprint density at radius 2 is 2.00 bits per heavy atom. The third-order valence-electron chi connectivity index (χ3n) is 3.41. The van der Waals surface area contributed by atoms with Gasteiger partial charge in [-0.05, 0) is 50.7 Å². The third-order valence-corrected chi connectivity index (χ3v) is 3.94. The van der Waals surface area contributed by atoms with E-state index in [-0.39, 0.29) is 5.91 Å². The number of halogens is 1. The predicted molar refractivity (Wildman–Crippen MR) is 91.5 cm³/mol. The molecule has 1 heterocycles. The fraction of sp³-hybridized carbons (Fsp3) is 0.375. The molecule has 0 spiro atoms. The highest BCUT2D eigenvalue weighted by molar-refractivity contribution is 9.10. The van der Waals surface area contributed by atoms with Crippen LogP contribution in [0.5, 0.6) is 0 Å². The van der Waals surface area contributed by atoms with Crippen LogP contribution < -0.4 is 10.6 Å². The zero-order chi connectivity index (χ0) is 15.9. The summed E-state index contributed by atoms with van der Waals surface area (Å²) < 4.78 is 2.85. The van der Waals surface area contributed by atoms with Crippen LogP contribution in [0.2, 0.25) is 0 Å². The van der Waals surface area contributed by atoms with Crippen LogP contribution in [-0.2, 0) is 6.42 Å². The molecule has 0 fully saturated rings. The van der Waals surface area contributed by atoms with E-state index in [1.165, 1.54) is 0 Å². The predicted octanol–water partition coefficient (Wildman–Crippen LogP) is 2.54. The summed E-state index contributed by atoms with van der Waals surface area (Å²) in [5.74, 6) is -0.0590. The lowest BCUT2D eigenvalue weighted by atomic mass is 10.2. The van der Waals surface area contributed by atoms with E-state index < -0.39 is 0 Å². The Balaban J connectivity index is 2.16. The molecule has 2 aromatic rings. The Labute approximate surface area is 139 Å². The van der Waals surface area contributed by atoms with Crippen LogP contribution >= 0.6 is 15.9 Å². The zero-order valence-corrected chi connectivity index (χ0v) is 14.5. The highest BCUT2D eigenvalue weighted by Crippen LogP contribution is 2.18. The van der Waals surface area contributed by atoms with Gasteiger partial charge in [0.2, 0.25) is 0 Å². The maximum absolute atomic E-state index is 12.3. The summed E-state index contributed by atoms with van der Waals surface area (Å²) in [4.78, 5) is 12.3.